The Morgan fingerprint density at radius 1 is 1.45 bits per heavy atom. The molecule has 0 saturated carbocycles. The van der Waals surface area contributed by atoms with Gasteiger partial charge in [-0.25, -0.2) is 0 Å². The van der Waals surface area contributed by atoms with Gasteiger partial charge in [0.25, 0.3) is 0 Å². The SMILES string of the molecule is CN[C@@H]1C=CC[C@@H]2CNC[C@@H]21. The zero-order valence-corrected chi connectivity index (χ0v) is 7.01. The van der Waals surface area contributed by atoms with E-state index in [-0.39, 0.29) is 0 Å². The van der Waals surface area contributed by atoms with Crippen molar-refractivity contribution in [1.29, 1.82) is 0 Å². The quantitative estimate of drug-likeness (QED) is 0.530. The monoisotopic (exact) mass is 152 g/mol. The van der Waals surface area contributed by atoms with Gasteiger partial charge < -0.3 is 10.6 Å². The van der Waals surface area contributed by atoms with Crippen LogP contribution in [0.1, 0.15) is 6.42 Å². The summed E-state index contributed by atoms with van der Waals surface area (Å²) in [7, 11) is 2.05. The van der Waals surface area contributed by atoms with Gasteiger partial charge >= 0.3 is 0 Å². The lowest BCUT2D eigenvalue weighted by Gasteiger charge is -2.28. The van der Waals surface area contributed by atoms with E-state index in [1.807, 2.05) is 0 Å². The maximum absolute atomic E-state index is 3.45. The summed E-state index contributed by atoms with van der Waals surface area (Å²) >= 11 is 0. The van der Waals surface area contributed by atoms with Crippen molar-refractivity contribution in [2.45, 2.75) is 12.5 Å². The molecule has 2 N–H and O–H groups in total. The molecule has 0 radical (unpaired) electrons. The third kappa shape index (κ3) is 1.21. The van der Waals surface area contributed by atoms with E-state index in [4.69, 9.17) is 0 Å². The van der Waals surface area contributed by atoms with Crippen molar-refractivity contribution in [3.05, 3.63) is 12.2 Å². The van der Waals surface area contributed by atoms with Gasteiger partial charge in [0.1, 0.15) is 0 Å². The lowest BCUT2D eigenvalue weighted by molar-refractivity contribution is 0.341. The third-order valence-corrected chi connectivity index (χ3v) is 2.97. The van der Waals surface area contributed by atoms with E-state index in [2.05, 4.69) is 29.8 Å². The second kappa shape index (κ2) is 2.95. The van der Waals surface area contributed by atoms with Crippen LogP contribution in [0.25, 0.3) is 0 Å². The molecule has 0 bridgehead atoms. The molecule has 1 aliphatic carbocycles. The largest absolute Gasteiger partial charge is 0.316 e. The van der Waals surface area contributed by atoms with E-state index < -0.39 is 0 Å². The fourth-order valence-corrected chi connectivity index (χ4v) is 2.28. The Labute approximate surface area is 68.1 Å². The van der Waals surface area contributed by atoms with E-state index in [0.717, 1.165) is 11.8 Å². The number of rotatable bonds is 1. The Morgan fingerprint density at radius 3 is 3.18 bits per heavy atom. The van der Waals surface area contributed by atoms with Crippen LogP contribution in [0.2, 0.25) is 0 Å². The van der Waals surface area contributed by atoms with Crippen molar-refractivity contribution in [1.82, 2.24) is 10.6 Å². The zero-order chi connectivity index (χ0) is 7.68. The van der Waals surface area contributed by atoms with Crippen LogP contribution in [-0.4, -0.2) is 26.2 Å². The number of hydrogen-bond acceptors (Lipinski definition) is 2. The van der Waals surface area contributed by atoms with Gasteiger partial charge in [0.05, 0.1) is 0 Å². The van der Waals surface area contributed by atoms with Gasteiger partial charge in [-0.3, -0.25) is 0 Å². The highest BCUT2D eigenvalue weighted by Gasteiger charge is 2.32. The topological polar surface area (TPSA) is 24.1 Å². The van der Waals surface area contributed by atoms with E-state index >= 15 is 0 Å². The summed E-state index contributed by atoms with van der Waals surface area (Å²) < 4.78 is 0. The molecule has 62 valence electrons. The minimum Gasteiger partial charge on any atom is -0.316 e. The van der Waals surface area contributed by atoms with Gasteiger partial charge in [-0.05, 0) is 31.8 Å². The van der Waals surface area contributed by atoms with Crippen molar-refractivity contribution in [3.8, 4) is 0 Å². The number of nitrogens with one attached hydrogen (secondary N) is 2. The highest BCUT2D eigenvalue weighted by molar-refractivity contribution is 5.07. The molecule has 1 heterocycles. The van der Waals surface area contributed by atoms with E-state index in [1.165, 1.54) is 19.5 Å². The fourth-order valence-electron chi connectivity index (χ4n) is 2.28. The first kappa shape index (κ1) is 7.32. The Hall–Kier alpha value is -0.340. The molecule has 0 unspecified atom stereocenters. The van der Waals surface area contributed by atoms with Crippen LogP contribution < -0.4 is 10.6 Å². The number of likely N-dealkylation sites (N-methyl/N-ethyl adjacent to an activating group) is 1. The minimum atomic E-state index is 0.615. The van der Waals surface area contributed by atoms with E-state index in [1.54, 1.807) is 0 Å². The lowest BCUT2D eigenvalue weighted by atomic mass is 9.82. The molecule has 0 aromatic carbocycles. The molecule has 0 aromatic rings. The maximum Gasteiger partial charge on any atom is 0.0290 e. The Bertz CT molecular complexity index is 165. The second-order valence-electron chi connectivity index (χ2n) is 3.56. The van der Waals surface area contributed by atoms with Crippen LogP contribution in [0, 0.1) is 11.8 Å². The molecule has 2 rings (SSSR count). The van der Waals surface area contributed by atoms with E-state index in [0.29, 0.717) is 6.04 Å². The summed E-state index contributed by atoms with van der Waals surface area (Å²) in [5, 5.41) is 6.80. The fraction of sp³-hybridized carbons (Fsp3) is 0.778. The molecule has 2 heteroatoms. The molecule has 0 amide bonds. The Morgan fingerprint density at radius 2 is 2.36 bits per heavy atom. The Kier molecular flexibility index (Phi) is 1.96. The predicted molar refractivity (Wildman–Crippen MR) is 46.5 cm³/mol. The van der Waals surface area contributed by atoms with Crippen molar-refractivity contribution in [2.24, 2.45) is 11.8 Å². The molecule has 0 aromatic heterocycles. The number of allylic oxidation sites excluding steroid dienone is 1. The summed E-state index contributed by atoms with van der Waals surface area (Å²) in [5.41, 5.74) is 0. The van der Waals surface area contributed by atoms with Gasteiger partial charge in [0.15, 0.2) is 0 Å². The Balaban J connectivity index is 2.09. The summed E-state index contributed by atoms with van der Waals surface area (Å²) in [6, 6.07) is 0.615. The first-order valence-electron chi connectivity index (χ1n) is 4.46. The minimum absolute atomic E-state index is 0.615. The van der Waals surface area contributed by atoms with Crippen molar-refractivity contribution in [3.63, 3.8) is 0 Å². The lowest BCUT2D eigenvalue weighted by Crippen LogP contribution is -2.37. The highest BCUT2D eigenvalue weighted by Crippen LogP contribution is 2.28. The average Bonchev–Trinajstić information content (AvgIpc) is 2.50. The molecular weight excluding hydrogens is 136 g/mol. The number of fused-ring (bicyclic) bond motifs is 1. The van der Waals surface area contributed by atoms with Crippen LogP contribution in [-0.2, 0) is 0 Å². The summed E-state index contributed by atoms with van der Waals surface area (Å²) in [6.45, 7) is 2.41. The molecule has 1 fully saturated rings. The van der Waals surface area contributed by atoms with Gasteiger partial charge in [-0.2, -0.15) is 0 Å². The molecule has 1 aliphatic heterocycles. The van der Waals surface area contributed by atoms with E-state index in [9.17, 15) is 0 Å². The first-order valence-corrected chi connectivity index (χ1v) is 4.46. The molecule has 0 spiro atoms. The summed E-state index contributed by atoms with van der Waals surface area (Å²) in [5.74, 6) is 1.72. The van der Waals surface area contributed by atoms with Gasteiger partial charge in [0.2, 0.25) is 0 Å². The maximum atomic E-state index is 3.45. The summed E-state index contributed by atoms with van der Waals surface area (Å²) in [6.07, 6.45) is 5.90. The number of hydrogen-bond donors (Lipinski definition) is 2. The van der Waals surface area contributed by atoms with Crippen molar-refractivity contribution in [2.75, 3.05) is 20.1 Å². The zero-order valence-electron chi connectivity index (χ0n) is 7.01. The second-order valence-corrected chi connectivity index (χ2v) is 3.56. The predicted octanol–water partition coefficient (Wildman–Crippen LogP) is 0.370. The van der Waals surface area contributed by atoms with Crippen molar-refractivity contribution < 1.29 is 0 Å². The summed E-state index contributed by atoms with van der Waals surface area (Å²) in [4.78, 5) is 0. The van der Waals surface area contributed by atoms with Gasteiger partial charge in [-0.15, -0.1) is 0 Å². The first-order chi connectivity index (χ1) is 5.42. The standard InChI is InChI=1S/C9H16N2/c1-10-9-4-2-3-7-5-11-6-8(7)9/h2,4,7-11H,3,5-6H2,1H3/t7-,8+,9-/m1/s1. The molecule has 2 aliphatic rings. The normalized spacial score (nSPS) is 42.5. The molecule has 3 atom stereocenters. The van der Waals surface area contributed by atoms with Crippen LogP contribution in [0.15, 0.2) is 12.2 Å². The smallest absolute Gasteiger partial charge is 0.0290 e. The molecule has 11 heavy (non-hydrogen) atoms. The van der Waals surface area contributed by atoms with Crippen LogP contribution in [0.3, 0.4) is 0 Å². The van der Waals surface area contributed by atoms with Gasteiger partial charge in [-0.1, -0.05) is 12.2 Å². The van der Waals surface area contributed by atoms with Gasteiger partial charge in [0, 0.05) is 12.6 Å². The van der Waals surface area contributed by atoms with Crippen LogP contribution >= 0.6 is 0 Å². The van der Waals surface area contributed by atoms with Crippen molar-refractivity contribution >= 4 is 0 Å². The molecular formula is C9H16N2. The van der Waals surface area contributed by atoms with Crippen LogP contribution in [0.4, 0.5) is 0 Å². The average molecular weight is 152 g/mol. The third-order valence-electron chi connectivity index (χ3n) is 2.97. The van der Waals surface area contributed by atoms with Crippen LogP contribution in [0.5, 0.6) is 0 Å². The molecule has 1 saturated heterocycles. The molecule has 2 nitrogen and oxygen atoms in total. The highest BCUT2D eigenvalue weighted by atomic mass is 15.0.